The van der Waals surface area contributed by atoms with Crippen molar-refractivity contribution < 1.29 is 5.11 Å². The Bertz CT molecular complexity index is 228. The molecule has 2 N–H and O–H groups in total. The lowest BCUT2D eigenvalue weighted by atomic mass is 10.0. The van der Waals surface area contributed by atoms with Crippen LogP contribution in [0.25, 0.3) is 0 Å². The number of aliphatic hydroxyl groups is 1. The van der Waals surface area contributed by atoms with E-state index in [1.165, 1.54) is 96.3 Å². The second-order valence-corrected chi connectivity index (χ2v) is 6.82. The molecule has 0 bridgehead atoms. The summed E-state index contributed by atoms with van der Waals surface area (Å²) < 4.78 is 0. The van der Waals surface area contributed by atoms with E-state index in [2.05, 4.69) is 18.3 Å². The zero-order valence-electron chi connectivity index (χ0n) is 15.8. The number of rotatable bonds is 19. The Balaban J connectivity index is 2.98. The molecule has 0 saturated carbocycles. The summed E-state index contributed by atoms with van der Waals surface area (Å²) in [5.41, 5.74) is 0. The summed E-state index contributed by atoms with van der Waals surface area (Å²) in [5, 5.41) is 11.7. The molecule has 0 spiro atoms. The van der Waals surface area contributed by atoms with Crippen molar-refractivity contribution in [2.45, 2.75) is 110 Å². The molecule has 0 aliphatic heterocycles. The van der Waals surface area contributed by atoms with E-state index in [-0.39, 0.29) is 6.61 Å². The smallest absolute Gasteiger partial charge is 0.0603 e. The molecule has 0 fully saturated rings. The van der Waals surface area contributed by atoms with Crippen molar-refractivity contribution >= 4 is 0 Å². The molecule has 2 heteroatoms. The van der Waals surface area contributed by atoms with Gasteiger partial charge in [0.1, 0.15) is 0 Å². The molecule has 0 aromatic rings. The summed E-state index contributed by atoms with van der Waals surface area (Å²) in [6, 6.07) is 0. The van der Waals surface area contributed by atoms with Crippen LogP contribution in [0.1, 0.15) is 110 Å². The lowest BCUT2D eigenvalue weighted by molar-refractivity contribution is 0.298. The first-order valence-corrected chi connectivity index (χ1v) is 10.4. The minimum absolute atomic E-state index is 0.212. The van der Waals surface area contributed by atoms with E-state index in [0.717, 1.165) is 6.42 Å². The Morgan fingerprint density at radius 1 is 0.652 bits per heavy atom. The largest absolute Gasteiger partial charge is 0.395 e. The van der Waals surface area contributed by atoms with Crippen molar-refractivity contribution in [3.05, 3.63) is 12.3 Å². The van der Waals surface area contributed by atoms with Crippen LogP contribution in [0.2, 0.25) is 0 Å². The van der Waals surface area contributed by atoms with Crippen LogP contribution < -0.4 is 5.32 Å². The summed E-state index contributed by atoms with van der Waals surface area (Å²) in [4.78, 5) is 0. The highest BCUT2D eigenvalue weighted by Gasteiger charge is 1.94. The van der Waals surface area contributed by atoms with Crippen LogP contribution in [-0.4, -0.2) is 18.3 Å². The number of hydrogen-bond donors (Lipinski definition) is 2. The van der Waals surface area contributed by atoms with E-state index >= 15 is 0 Å². The Morgan fingerprint density at radius 2 is 1.09 bits per heavy atom. The van der Waals surface area contributed by atoms with Gasteiger partial charge in [-0.25, -0.2) is 0 Å². The number of aliphatic hydroxyl groups excluding tert-OH is 1. The average molecular weight is 326 g/mol. The fraction of sp³-hybridized carbons (Fsp3) is 0.905. The van der Waals surface area contributed by atoms with Crippen LogP contribution in [0.15, 0.2) is 12.3 Å². The maximum absolute atomic E-state index is 8.61. The third-order valence-electron chi connectivity index (χ3n) is 4.47. The van der Waals surface area contributed by atoms with E-state index in [9.17, 15) is 0 Å². The van der Waals surface area contributed by atoms with Crippen LogP contribution in [0, 0.1) is 0 Å². The van der Waals surface area contributed by atoms with E-state index in [1.54, 1.807) is 0 Å². The maximum atomic E-state index is 8.61. The van der Waals surface area contributed by atoms with E-state index in [0.29, 0.717) is 6.54 Å². The van der Waals surface area contributed by atoms with Crippen LogP contribution in [0.5, 0.6) is 0 Å². The van der Waals surface area contributed by atoms with Crippen LogP contribution in [0.3, 0.4) is 0 Å². The predicted octanol–water partition coefficient (Wildman–Crippen LogP) is 6.34. The second-order valence-electron chi connectivity index (χ2n) is 6.82. The molecule has 0 aromatic carbocycles. The summed E-state index contributed by atoms with van der Waals surface area (Å²) in [6.45, 7) is 3.16. The SMILES string of the molecule is CCCCCCCCCCCCCCCCCC=CNCCO. The number of nitrogens with one attached hydrogen (secondary N) is 1. The van der Waals surface area contributed by atoms with Crippen molar-refractivity contribution in [3.63, 3.8) is 0 Å². The van der Waals surface area contributed by atoms with Gasteiger partial charge in [0, 0.05) is 6.54 Å². The molecule has 0 amide bonds. The molecule has 0 saturated heterocycles. The molecular weight excluding hydrogens is 282 g/mol. The first-order valence-electron chi connectivity index (χ1n) is 10.4. The third kappa shape index (κ3) is 21.5. The summed E-state index contributed by atoms with van der Waals surface area (Å²) in [6.07, 6.45) is 26.7. The Labute approximate surface area is 146 Å². The molecule has 0 aliphatic carbocycles. The van der Waals surface area contributed by atoms with Gasteiger partial charge < -0.3 is 10.4 Å². The molecule has 0 aromatic heterocycles. The third-order valence-corrected chi connectivity index (χ3v) is 4.47. The summed E-state index contributed by atoms with van der Waals surface area (Å²) in [5.74, 6) is 0. The fourth-order valence-electron chi connectivity index (χ4n) is 2.95. The van der Waals surface area contributed by atoms with Crippen LogP contribution in [0.4, 0.5) is 0 Å². The summed E-state index contributed by atoms with van der Waals surface area (Å²) >= 11 is 0. The Hall–Kier alpha value is -0.500. The van der Waals surface area contributed by atoms with Gasteiger partial charge in [-0.05, 0) is 19.0 Å². The van der Waals surface area contributed by atoms with Gasteiger partial charge >= 0.3 is 0 Å². The zero-order valence-corrected chi connectivity index (χ0v) is 15.8. The van der Waals surface area contributed by atoms with Gasteiger partial charge in [-0.1, -0.05) is 103 Å². The van der Waals surface area contributed by atoms with Crippen LogP contribution >= 0.6 is 0 Å². The molecule has 0 atom stereocenters. The number of allylic oxidation sites excluding steroid dienone is 1. The summed E-state index contributed by atoms with van der Waals surface area (Å²) in [7, 11) is 0. The van der Waals surface area contributed by atoms with Gasteiger partial charge in [-0.2, -0.15) is 0 Å². The lowest BCUT2D eigenvalue weighted by Gasteiger charge is -2.03. The Kier molecular flexibility index (Phi) is 21.0. The molecule has 0 aliphatic rings. The van der Waals surface area contributed by atoms with Crippen molar-refractivity contribution in [2.24, 2.45) is 0 Å². The quantitative estimate of drug-likeness (QED) is 0.271. The van der Waals surface area contributed by atoms with Gasteiger partial charge in [0.15, 0.2) is 0 Å². The molecule has 0 heterocycles. The van der Waals surface area contributed by atoms with E-state index < -0.39 is 0 Å². The molecule has 138 valence electrons. The van der Waals surface area contributed by atoms with Gasteiger partial charge in [0.2, 0.25) is 0 Å². The van der Waals surface area contributed by atoms with Crippen LogP contribution in [-0.2, 0) is 0 Å². The van der Waals surface area contributed by atoms with Gasteiger partial charge in [-0.15, -0.1) is 0 Å². The Morgan fingerprint density at radius 3 is 1.52 bits per heavy atom. The van der Waals surface area contributed by atoms with E-state index in [4.69, 9.17) is 5.11 Å². The molecule has 0 rings (SSSR count). The lowest BCUT2D eigenvalue weighted by Crippen LogP contribution is -2.10. The predicted molar refractivity (Wildman–Crippen MR) is 104 cm³/mol. The molecule has 23 heavy (non-hydrogen) atoms. The average Bonchev–Trinajstić information content (AvgIpc) is 2.57. The minimum Gasteiger partial charge on any atom is -0.395 e. The highest BCUT2D eigenvalue weighted by Crippen LogP contribution is 2.13. The van der Waals surface area contributed by atoms with Crippen molar-refractivity contribution in [3.8, 4) is 0 Å². The first kappa shape index (κ1) is 22.5. The minimum atomic E-state index is 0.212. The molecule has 0 radical (unpaired) electrons. The van der Waals surface area contributed by atoms with Gasteiger partial charge in [0.25, 0.3) is 0 Å². The maximum Gasteiger partial charge on any atom is 0.0603 e. The highest BCUT2D eigenvalue weighted by molar-refractivity contribution is 4.78. The zero-order chi connectivity index (χ0) is 16.8. The van der Waals surface area contributed by atoms with Gasteiger partial charge in [0.05, 0.1) is 6.61 Å². The standard InChI is InChI=1S/C21H43NO/c1-2-3-4-5-6-7-8-9-10-11-12-13-14-15-16-17-18-19-22-20-21-23/h18-19,22-23H,2-17,20-21H2,1H3. The van der Waals surface area contributed by atoms with Gasteiger partial charge in [-0.3, -0.25) is 0 Å². The first-order chi connectivity index (χ1) is 11.4. The normalized spacial score (nSPS) is 11.4. The second kappa shape index (κ2) is 21.5. The van der Waals surface area contributed by atoms with Crippen molar-refractivity contribution in [1.82, 2.24) is 5.32 Å². The molecular formula is C21H43NO. The van der Waals surface area contributed by atoms with Crippen molar-refractivity contribution in [2.75, 3.05) is 13.2 Å². The monoisotopic (exact) mass is 325 g/mol. The number of hydrogen-bond acceptors (Lipinski definition) is 2. The van der Waals surface area contributed by atoms with E-state index in [1.807, 2.05) is 6.20 Å². The molecule has 2 nitrogen and oxygen atoms in total. The van der Waals surface area contributed by atoms with Crippen molar-refractivity contribution in [1.29, 1.82) is 0 Å². The highest BCUT2D eigenvalue weighted by atomic mass is 16.3. The fourth-order valence-corrected chi connectivity index (χ4v) is 2.95. The number of unbranched alkanes of at least 4 members (excludes halogenated alkanes) is 15. The topological polar surface area (TPSA) is 32.3 Å². The molecule has 0 unspecified atom stereocenters.